The van der Waals surface area contributed by atoms with Gasteiger partial charge in [0.2, 0.25) is 0 Å². The molecular weight excluding hydrogens is 535 g/mol. The third-order valence-electron chi connectivity index (χ3n) is 7.40. The van der Waals surface area contributed by atoms with Gasteiger partial charge in [-0.15, -0.1) is 0 Å². The minimum Gasteiger partial charge on any atom is -0.459 e. The Kier molecular flexibility index (Phi) is 8.38. The van der Waals surface area contributed by atoms with E-state index < -0.39 is 56.1 Å². The Morgan fingerprint density at radius 1 is 0.950 bits per heavy atom. The van der Waals surface area contributed by atoms with Gasteiger partial charge in [-0.25, -0.2) is 14.0 Å². The van der Waals surface area contributed by atoms with Crippen molar-refractivity contribution in [2.24, 2.45) is 0 Å². The number of ether oxygens (including phenoxy) is 2. The van der Waals surface area contributed by atoms with Crippen LogP contribution in [0.4, 0.5) is 4.39 Å². The van der Waals surface area contributed by atoms with Crippen LogP contribution >= 0.6 is 0 Å². The van der Waals surface area contributed by atoms with E-state index in [0.29, 0.717) is 10.1 Å². The summed E-state index contributed by atoms with van der Waals surface area (Å²) >= 11 is 0. The van der Waals surface area contributed by atoms with Gasteiger partial charge in [-0.1, -0.05) is 57.2 Å². The van der Waals surface area contributed by atoms with Crippen LogP contribution in [-0.2, 0) is 13.9 Å². The van der Waals surface area contributed by atoms with Crippen molar-refractivity contribution in [1.82, 2.24) is 9.13 Å². The van der Waals surface area contributed by atoms with Crippen LogP contribution in [0.25, 0.3) is 0 Å². The lowest BCUT2D eigenvalue weighted by Crippen LogP contribution is -2.49. The lowest BCUT2D eigenvalue weighted by atomic mass is 10.1. The highest BCUT2D eigenvalue weighted by atomic mass is 28.4. The number of esters is 1. The van der Waals surface area contributed by atoms with E-state index in [4.69, 9.17) is 13.9 Å². The predicted octanol–water partition coefficient (Wildman–Crippen LogP) is 4.18. The minimum absolute atomic E-state index is 0.119. The molecule has 0 amide bonds. The number of alkyl halides is 1. The molecule has 0 N–H and O–H groups in total. The first-order valence-electron chi connectivity index (χ1n) is 13.0. The number of aromatic nitrogens is 2. The first-order valence-corrected chi connectivity index (χ1v) is 15.9. The first-order chi connectivity index (χ1) is 18.8. The van der Waals surface area contributed by atoms with Crippen molar-refractivity contribution in [2.45, 2.75) is 63.5 Å². The third kappa shape index (κ3) is 5.91. The van der Waals surface area contributed by atoms with Gasteiger partial charge in [-0.3, -0.25) is 14.2 Å². The van der Waals surface area contributed by atoms with E-state index in [9.17, 15) is 19.2 Å². The number of hydrogen-bond donors (Lipinski definition) is 0. The van der Waals surface area contributed by atoms with Crippen molar-refractivity contribution in [3.63, 3.8) is 0 Å². The average Bonchev–Trinajstić information content (AvgIpc) is 3.21. The normalized spacial score (nSPS) is 21.2. The molecule has 11 heteroatoms. The summed E-state index contributed by atoms with van der Waals surface area (Å²) in [4.78, 5) is 51.6. The molecule has 1 aliphatic rings. The quantitative estimate of drug-likeness (QED) is 0.311. The molecule has 0 bridgehead atoms. The minimum atomic E-state index is -2.56. The fourth-order valence-corrected chi connectivity index (χ4v) is 5.42. The second-order valence-electron chi connectivity index (χ2n) is 11.2. The van der Waals surface area contributed by atoms with Crippen LogP contribution in [0.5, 0.6) is 0 Å². The topological polar surface area (TPSA) is 106 Å². The molecule has 4 atom stereocenters. The van der Waals surface area contributed by atoms with Gasteiger partial charge in [0, 0.05) is 17.8 Å². The van der Waals surface area contributed by atoms with Crippen LogP contribution in [0, 0.1) is 0 Å². The number of hydrogen-bond acceptors (Lipinski definition) is 7. The average molecular weight is 569 g/mol. The molecule has 0 spiro atoms. The van der Waals surface area contributed by atoms with Gasteiger partial charge < -0.3 is 13.9 Å². The Labute approximate surface area is 232 Å². The zero-order valence-corrected chi connectivity index (χ0v) is 24.1. The molecule has 0 unspecified atom stereocenters. The highest BCUT2D eigenvalue weighted by molar-refractivity contribution is 6.74. The van der Waals surface area contributed by atoms with Crippen LogP contribution in [-0.4, -0.2) is 54.3 Å². The molecule has 1 aliphatic heterocycles. The highest BCUT2D eigenvalue weighted by Gasteiger charge is 2.52. The van der Waals surface area contributed by atoms with Gasteiger partial charge in [0.05, 0.1) is 5.56 Å². The SMILES string of the molecule is CC(C)(C)[Si](C)(C)O[C@H]1[C@@H](F)[C@H](n2ccc(=O)n(C(=O)c3ccccc3)c2=O)O[C@@H]1COC(=O)c1ccccc1. The van der Waals surface area contributed by atoms with Gasteiger partial charge in [0.1, 0.15) is 18.8 Å². The van der Waals surface area contributed by atoms with Crippen molar-refractivity contribution in [1.29, 1.82) is 0 Å². The van der Waals surface area contributed by atoms with Crippen molar-refractivity contribution >= 4 is 20.2 Å². The standard InChI is InChI=1S/C29H33FN2O7Si/c1-29(2,3)40(4,5)39-24-21(18-37-27(35)20-14-10-7-11-15-20)38-26(23(24)30)31-17-16-22(33)32(28(31)36)25(34)19-12-8-6-9-13-19/h6-17,21,23-24,26H,18H2,1-5H3/t21-,23-,24-,26-/m1/s1. The maximum absolute atomic E-state index is 16.2. The molecule has 40 heavy (non-hydrogen) atoms. The predicted molar refractivity (Wildman–Crippen MR) is 149 cm³/mol. The van der Waals surface area contributed by atoms with Crippen LogP contribution in [0.3, 0.4) is 0 Å². The molecule has 9 nitrogen and oxygen atoms in total. The first kappa shape index (κ1) is 29.3. The largest absolute Gasteiger partial charge is 0.459 e. The summed E-state index contributed by atoms with van der Waals surface area (Å²) in [5, 5.41) is -0.276. The summed E-state index contributed by atoms with van der Waals surface area (Å²) in [6.45, 7) is 9.57. The monoisotopic (exact) mass is 568 g/mol. The van der Waals surface area contributed by atoms with E-state index in [1.54, 1.807) is 48.5 Å². The fourth-order valence-electron chi connectivity index (χ4n) is 4.11. The summed E-state index contributed by atoms with van der Waals surface area (Å²) in [7, 11) is -2.56. The van der Waals surface area contributed by atoms with E-state index in [-0.39, 0.29) is 17.2 Å². The molecule has 4 rings (SSSR count). The fraction of sp³-hybridized carbons (Fsp3) is 0.379. The highest BCUT2D eigenvalue weighted by Crippen LogP contribution is 2.42. The summed E-state index contributed by atoms with van der Waals surface area (Å²) in [6, 6.07) is 17.2. The Balaban J connectivity index is 1.67. The summed E-state index contributed by atoms with van der Waals surface area (Å²) in [6.07, 6.45) is -4.54. The number of nitrogens with zero attached hydrogens (tertiary/aromatic N) is 2. The number of carbonyl (C=O) groups excluding carboxylic acids is 2. The van der Waals surface area contributed by atoms with Crippen molar-refractivity contribution in [3.05, 3.63) is 105 Å². The Hall–Kier alpha value is -3.67. The summed E-state index contributed by atoms with van der Waals surface area (Å²) < 4.78 is 35.3. The number of carbonyl (C=O) groups is 2. The van der Waals surface area contributed by atoms with Gasteiger partial charge in [0.25, 0.3) is 11.5 Å². The maximum Gasteiger partial charge on any atom is 0.340 e. The van der Waals surface area contributed by atoms with Gasteiger partial charge in [-0.2, -0.15) is 4.57 Å². The van der Waals surface area contributed by atoms with Crippen LogP contribution in [0.2, 0.25) is 18.1 Å². The van der Waals surface area contributed by atoms with Gasteiger partial charge >= 0.3 is 11.7 Å². The van der Waals surface area contributed by atoms with Gasteiger partial charge in [0.15, 0.2) is 20.7 Å². The number of halogens is 1. The Bertz CT molecular complexity index is 1480. The Morgan fingerprint density at radius 2 is 1.52 bits per heavy atom. The van der Waals surface area contributed by atoms with E-state index in [2.05, 4.69) is 0 Å². The smallest absolute Gasteiger partial charge is 0.340 e. The maximum atomic E-state index is 16.2. The zero-order valence-electron chi connectivity index (χ0n) is 23.1. The lowest BCUT2D eigenvalue weighted by Gasteiger charge is -2.39. The Morgan fingerprint density at radius 3 is 2.10 bits per heavy atom. The zero-order chi connectivity index (χ0) is 29.2. The number of benzene rings is 2. The second kappa shape index (κ2) is 11.4. The molecule has 2 aromatic carbocycles. The molecule has 0 saturated carbocycles. The molecule has 2 heterocycles. The molecule has 1 saturated heterocycles. The van der Waals surface area contributed by atoms with E-state index in [1.165, 1.54) is 12.1 Å². The molecule has 1 aromatic heterocycles. The van der Waals surface area contributed by atoms with Crippen LogP contribution in [0.15, 0.2) is 82.5 Å². The number of rotatable bonds is 7. The third-order valence-corrected chi connectivity index (χ3v) is 11.9. The van der Waals surface area contributed by atoms with E-state index in [0.717, 1.165) is 16.8 Å². The van der Waals surface area contributed by atoms with Gasteiger partial charge in [-0.05, 0) is 42.4 Å². The molecule has 3 aromatic rings. The van der Waals surface area contributed by atoms with E-state index >= 15 is 4.39 Å². The van der Waals surface area contributed by atoms with Crippen LogP contribution in [0.1, 0.15) is 47.7 Å². The van der Waals surface area contributed by atoms with E-state index in [1.807, 2.05) is 33.9 Å². The molecule has 212 valence electrons. The van der Waals surface area contributed by atoms with Crippen molar-refractivity contribution in [2.75, 3.05) is 6.61 Å². The molecular formula is C29H33FN2O7Si. The second-order valence-corrected chi connectivity index (χ2v) is 15.9. The molecule has 0 radical (unpaired) electrons. The lowest BCUT2D eigenvalue weighted by molar-refractivity contribution is -0.0546. The van der Waals surface area contributed by atoms with Crippen LogP contribution < -0.4 is 11.2 Å². The van der Waals surface area contributed by atoms with Crippen molar-refractivity contribution < 1.29 is 27.9 Å². The molecule has 1 fully saturated rings. The summed E-state index contributed by atoms with van der Waals surface area (Å²) in [5.41, 5.74) is -1.47. The summed E-state index contributed by atoms with van der Waals surface area (Å²) in [5.74, 6) is -1.46. The van der Waals surface area contributed by atoms with Crippen molar-refractivity contribution in [3.8, 4) is 0 Å². The molecule has 0 aliphatic carbocycles.